The Hall–Kier alpha value is -3.33. The van der Waals surface area contributed by atoms with Gasteiger partial charge in [0.1, 0.15) is 5.60 Å². The summed E-state index contributed by atoms with van der Waals surface area (Å²) in [6, 6.07) is 12.0. The summed E-state index contributed by atoms with van der Waals surface area (Å²) in [5.41, 5.74) is 8.47. The van der Waals surface area contributed by atoms with Crippen molar-refractivity contribution in [3.8, 4) is 11.1 Å². The topological polar surface area (TPSA) is 85.8 Å². The molecule has 0 saturated carbocycles. The number of anilines is 1. The van der Waals surface area contributed by atoms with Crippen LogP contribution in [0.1, 0.15) is 31.1 Å². The molecule has 6 heteroatoms. The van der Waals surface area contributed by atoms with Gasteiger partial charge in [-0.15, -0.1) is 0 Å². The molecule has 0 aliphatic rings. The van der Waals surface area contributed by atoms with Gasteiger partial charge in [-0.3, -0.25) is 4.79 Å². The smallest absolute Gasteiger partial charge is 0.408 e. The van der Waals surface area contributed by atoms with Gasteiger partial charge >= 0.3 is 6.09 Å². The summed E-state index contributed by atoms with van der Waals surface area (Å²) >= 11 is 0. The van der Waals surface area contributed by atoms with E-state index in [4.69, 9.17) is 17.0 Å². The zero-order valence-corrected chi connectivity index (χ0v) is 15.0. The first-order valence-corrected chi connectivity index (χ1v) is 8.07. The first-order valence-electron chi connectivity index (χ1n) is 8.07. The van der Waals surface area contributed by atoms with Crippen molar-refractivity contribution in [1.29, 1.82) is 0 Å². The van der Waals surface area contributed by atoms with E-state index < -0.39 is 11.7 Å². The summed E-state index contributed by atoms with van der Waals surface area (Å²) in [4.78, 5) is 27.1. The van der Waals surface area contributed by atoms with Gasteiger partial charge in [-0.25, -0.2) is 9.64 Å². The molecule has 0 unspecified atom stereocenters. The number of rotatable bonds is 4. The molecule has 6 nitrogen and oxygen atoms in total. The number of ketones is 1. The minimum Gasteiger partial charge on any atom is -0.444 e. The number of amides is 1. The average molecular weight is 351 g/mol. The molecule has 3 N–H and O–H groups in total. The third-order valence-electron chi connectivity index (χ3n) is 3.47. The van der Waals surface area contributed by atoms with Crippen molar-refractivity contribution in [1.82, 2.24) is 5.32 Å². The van der Waals surface area contributed by atoms with E-state index in [-0.39, 0.29) is 12.3 Å². The predicted octanol–water partition coefficient (Wildman–Crippen LogP) is 4.19. The summed E-state index contributed by atoms with van der Waals surface area (Å²) in [6.07, 6.45) is -0.629. The number of ether oxygens (including phenoxy) is 1. The highest BCUT2D eigenvalue weighted by Gasteiger charge is 2.17. The Morgan fingerprint density at radius 2 is 1.81 bits per heavy atom. The molecule has 0 aliphatic carbocycles. The second-order valence-corrected chi connectivity index (χ2v) is 6.74. The van der Waals surface area contributed by atoms with E-state index in [1.807, 2.05) is 0 Å². The Labute approximate surface area is 152 Å². The van der Waals surface area contributed by atoms with E-state index in [0.29, 0.717) is 16.9 Å². The first-order chi connectivity index (χ1) is 12.2. The van der Waals surface area contributed by atoms with Crippen molar-refractivity contribution >= 4 is 23.3 Å². The number of nitrogen functional groups attached to an aromatic ring is 1. The Kier molecular flexibility index (Phi) is 5.63. The molecule has 0 fully saturated rings. The lowest BCUT2D eigenvalue weighted by Gasteiger charge is -2.19. The molecule has 26 heavy (non-hydrogen) atoms. The van der Waals surface area contributed by atoms with Crippen LogP contribution in [0, 0.1) is 6.57 Å². The quantitative estimate of drug-likeness (QED) is 0.491. The Balaban J connectivity index is 2.04. The lowest BCUT2D eigenvalue weighted by atomic mass is 10.0. The molecule has 0 heterocycles. The fourth-order valence-electron chi connectivity index (χ4n) is 2.29. The third-order valence-corrected chi connectivity index (χ3v) is 3.47. The molecule has 0 aromatic heterocycles. The van der Waals surface area contributed by atoms with E-state index in [2.05, 4.69) is 10.2 Å². The van der Waals surface area contributed by atoms with Gasteiger partial charge in [0.05, 0.1) is 13.1 Å². The summed E-state index contributed by atoms with van der Waals surface area (Å²) in [5.74, 6) is -0.223. The van der Waals surface area contributed by atoms with Crippen LogP contribution in [0.2, 0.25) is 0 Å². The summed E-state index contributed by atoms with van der Waals surface area (Å²) in [6.45, 7) is 12.1. The van der Waals surface area contributed by atoms with E-state index in [1.54, 1.807) is 63.2 Å². The van der Waals surface area contributed by atoms with Crippen LogP contribution in [-0.2, 0) is 4.74 Å². The fraction of sp³-hybridized carbons (Fsp3) is 0.250. The van der Waals surface area contributed by atoms with Gasteiger partial charge in [0, 0.05) is 16.8 Å². The second kappa shape index (κ2) is 7.70. The Bertz CT molecular complexity index is 859. The fourth-order valence-corrected chi connectivity index (χ4v) is 2.29. The molecule has 2 rings (SSSR count). The van der Waals surface area contributed by atoms with Crippen molar-refractivity contribution in [2.24, 2.45) is 0 Å². The zero-order chi connectivity index (χ0) is 19.3. The van der Waals surface area contributed by atoms with Crippen LogP contribution in [0.5, 0.6) is 0 Å². The van der Waals surface area contributed by atoms with Crippen LogP contribution in [0.4, 0.5) is 16.2 Å². The highest BCUT2D eigenvalue weighted by Crippen LogP contribution is 2.29. The largest absolute Gasteiger partial charge is 0.444 e. The van der Waals surface area contributed by atoms with Gasteiger partial charge in [-0.2, -0.15) is 0 Å². The molecule has 0 bridgehead atoms. The highest BCUT2D eigenvalue weighted by atomic mass is 16.6. The van der Waals surface area contributed by atoms with E-state index in [1.165, 1.54) is 0 Å². The molecule has 0 atom stereocenters. The highest BCUT2D eigenvalue weighted by molar-refractivity contribution is 5.99. The van der Waals surface area contributed by atoms with Crippen LogP contribution in [0.15, 0.2) is 42.5 Å². The lowest BCUT2D eigenvalue weighted by Crippen LogP contribution is -2.35. The molecular formula is C20H21N3O3. The molecule has 134 valence electrons. The summed E-state index contributed by atoms with van der Waals surface area (Å²) in [7, 11) is 0. The summed E-state index contributed by atoms with van der Waals surface area (Å²) in [5, 5.41) is 2.45. The van der Waals surface area contributed by atoms with Crippen LogP contribution >= 0.6 is 0 Å². The number of carbonyl (C=O) groups is 2. The van der Waals surface area contributed by atoms with Crippen molar-refractivity contribution < 1.29 is 14.3 Å². The number of nitrogens with zero attached hydrogens (tertiary/aromatic N) is 1. The predicted molar refractivity (Wildman–Crippen MR) is 101 cm³/mol. The van der Waals surface area contributed by atoms with E-state index in [9.17, 15) is 9.59 Å². The molecule has 1 amide bonds. The van der Waals surface area contributed by atoms with Gasteiger partial charge < -0.3 is 15.8 Å². The summed E-state index contributed by atoms with van der Waals surface area (Å²) < 4.78 is 5.10. The van der Waals surface area contributed by atoms with Gasteiger partial charge in [0.15, 0.2) is 11.5 Å². The maximum absolute atomic E-state index is 12.2. The number of carbonyl (C=O) groups excluding carboxylic acids is 2. The molecule has 0 radical (unpaired) electrons. The minimum atomic E-state index is -0.629. The standard InChI is InChI=1S/C20H21N3O3/c1-20(2,3)26-19(25)23-12-18(24)14-7-5-13(6-8-14)16-10-9-15(22-4)11-17(16)21/h5-11H,12,21H2,1-3H3,(H,23,25). The number of alkyl carbamates (subject to hydrolysis) is 1. The number of nitrogens with one attached hydrogen (secondary N) is 1. The third kappa shape index (κ3) is 5.08. The molecule has 0 saturated heterocycles. The molecule has 2 aromatic rings. The number of nitrogens with two attached hydrogens (primary N) is 1. The van der Waals surface area contributed by atoms with Gasteiger partial charge in [-0.1, -0.05) is 36.4 Å². The van der Waals surface area contributed by atoms with Crippen molar-refractivity contribution in [2.75, 3.05) is 12.3 Å². The number of hydrogen-bond acceptors (Lipinski definition) is 4. The maximum Gasteiger partial charge on any atom is 0.408 e. The van der Waals surface area contributed by atoms with Crippen molar-refractivity contribution in [2.45, 2.75) is 26.4 Å². The average Bonchev–Trinajstić information content (AvgIpc) is 2.58. The monoisotopic (exact) mass is 351 g/mol. The number of benzene rings is 2. The van der Waals surface area contributed by atoms with Crippen LogP contribution in [-0.4, -0.2) is 24.0 Å². The molecular weight excluding hydrogens is 330 g/mol. The number of Topliss-reactive ketones (excluding diaryl/α,β-unsaturated/α-hetero) is 1. The molecule has 2 aromatic carbocycles. The Morgan fingerprint density at radius 3 is 2.35 bits per heavy atom. The molecule has 0 spiro atoms. The van der Waals surface area contributed by atoms with Crippen LogP contribution < -0.4 is 11.1 Å². The van der Waals surface area contributed by atoms with E-state index in [0.717, 1.165) is 11.1 Å². The molecule has 0 aliphatic heterocycles. The van der Waals surface area contributed by atoms with Crippen LogP contribution in [0.3, 0.4) is 0 Å². The van der Waals surface area contributed by atoms with Gasteiger partial charge in [0.25, 0.3) is 0 Å². The normalized spacial score (nSPS) is 10.7. The number of hydrogen-bond donors (Lipinski definition) is 2. The lowest BCUT2D eigenvalue weighted by molar-refractivity contribution is 0.0520. The Morgan fingerprint density at radius 1 is 1.15 bits per heavy atom. The minimum absolute atomic E-state index is 0.143. The zero-order valence-electron chi connectivity index (χ0n) is 15.0. The van der Waals surface area contributed by atoms with Crippen molar-refractivity contribution in [3.63, 3.8) is 0 Å². The van der Waals surface area contributed by atoms with Crippen molar-refractivity contribution in [3.05, 3.63) is 59.4 Å². The second-order valence-electron chi connectivity index (χ2n) is 6.74. The van der Waals surface area contributed by atoms with Gasteiger partial charge in [-0.05, 0) is 32.4 Å². The van der Waals surface area contributed by atoms with E-state index >= 15 is 0 Å². The van der Waals surface area contributed by atoms with Gasteiger partial charge in [0.2, 0.25) is 0 Å². The van der Waals surface area contributed by atoms with Crippen LogP contribution in [0.25, 0.3) is 16.0 Å². The first kappa shape index (κ1) is 19.0. The maximum atomic E-state index is 12.2. The SMILES string of the molecule is [C-]#[N+]c1ccc(-c2ccc(C(=O)CNC(=O)OC(C)(C)C)cc2)c(N)c1.